The Bertz CT molecular complexity index is 1290. The van der Waals surface area contributed by atoms with Crippen molar-refractivity contribution < 1.29 is 14.3 Å². The van der Waals surface area contributed by atoms with Crippen LogP contribution < -0.4 is 21.1 Å². The lowest BCUT2D eigenvalue weighted by atomic mass is 10.0. The van der Waals surface area contributed by atoms with Gasteiger partial charge in [0.1, 0.15) is 18.4 Å². The lowest BCUT2D eigenvalue weighted by molar-refractivity contribution is -0.123. The average Bonchev–Trinajstić information content (AvgIpc) is 2.96. The number of amides is 2. The lowest BCUT2D eigenvalue weighted by Crippen LogP contribution is -2.47. The van der Waals surface area contributed by atoms with Crippen molar-refractivity contribution in [3.63, 3.8) is 0 Å². The highest BCUT2D eigenvalue weighted by molar-refractivity contribution is 5.97. The largest absolute Gasteiger partial charge is 0.489 e. The van der Waals surface area contributed by atoms with E-state index >= 15 is 0 Å². The van der Waals surface area contributed by atoms with Crippen LogP contribution in [0, 0.1) is 0 Å². The number of benzene rings is 3. The van der Waals surface area contributed by atoms with Gasteiger partial charge in [-0.15, -0.1) is 24.8 Å². The summed E-state index contributed by atoms with van der Waals surface area (Å²) in [6.45, 7) is 1.21. The summed E-state index contributed by atoms with van der Waals surface area (Å²) >= 11 is 0. The molecule has 0 aliphatic carbocycles. The molecular formula is C30H32Cl2N4O3. The fourth-order valence-corrected chi connectivity index (χ4v) is 3.75. The number of nitrogens with two attached hydrogens (primary N) is 1. The first-order valence-corrected chi connectivity index (χ1v) is 12.1. The molecule has 9 heteroatoms. The number of nitrogens with one attached hydrogen (secondary N) is 2. The number of hydrogen-bond acceptors (Lipinski definition) is 5. The molecule has 0 bridgehead atoms. The van der Waals surface area contributed by atoms with Crippen LogP contribution in [0.1, 0.15) is 32.6 Å². The van der Waals surface area contributed by atoms with Crippen molar-refractivity contribution in [2.45, 2.75) is 32.2 Å². The van der Waals surface area contributed by atoms with Gasteiger partial charge >= 0.3 is 0 Å². The molecule has 0 unspecified atom stereocenters. The standard InChI is InChI=1S/C30H30N4O3.2ClH/c31-19-23-6-10-26(11-7-23)29(35)34-28(30(36)33-20-24-14-16-32-17-15-24)18-22-8-12-27(13-9-22)37-21-25-4-2-1-3-5-25;;/h1-17,28H,18-21,31H2,(H,33,36)(H,34,35);2*1H/t28-;;/m0../s1. The van der Waals surface area contributed by atoms with Crippen LogP contribution in [-0.2, 0) is 30.9 Å². The third-order valence-corrected chi connectivity index (χ3v) is 5.90. The average molecular weight is 568 g/mol. The molecule has 2 amide bonds. The van der Waals surface area contributed by atoms with Gasteiger partial charge in [-0.2, -0.15) is 0 Å². The number of carbonyl (C=O) groups excluding carboxylic acids is 2. The number of rotatable bonds is 11. The van der Waals surface area contributed by atoms with Gasteiger partial charge in [0.25, 0.3) is 5.91 Å². The molecule has 1 heterocycles. The zero-order chi connectivity index (χ0) is 25.9. The topological polar surface area (TPSA) is 106 Å². The maximum Gasteiger partial charge on any atom is 0.251 e. The van der Waals surface area contributed by atoms with Gasteiger partial charge in [-0.25, -0.2) is 0 Å². The van der Waals surface area contributed by atoms with Crippen LogP contribution in [0.3, 0.4) is 0 Å². The molecule has 0 spiro atoms. The molecule has 3 aromatic carbocycles. The molecule has 1 atom stereocenters. The third-order valence-electron chi connectivity index (χ3n) is 5.90. The minimum absolute atomic E-state index is 0. The summed E-state index contributed by atoms with van der Waals surface area (Å²) in [4.78, 5) is 30.1. The SMILES string of the molecule is Cl.Cl.NCc1ccc(C(=O)N[C@@H](Cc2ccc(OCc3ccccc3)cc2)C(=O)NCc2ccncc2)cc1. The van der Waals surface area contributed by atoms with Crippen LogP contribution in [0.2, 0.25) is 0 Å². The first-order chi connectivity index (χ1) is 18.1. The van der Waals surface area contributed by atoms with E-state index in [0.29, 0.717) is 31.7 Å². The molecule has 204 valence electrons. The fraction of sp³-hybridized carbons (Fsp3) is 0.167. The van der Waals surface area contributed by atoms with Crippen LogP contribution in [0.4, 0.5) is 0 Å². The molecule has 0 aliphatic heterocycles. The second kappa shape index (κ2) is 16.1. The van der Waals surface area contributed by atoms with Crippen LogP contribution in [0.25, 0.3) is 0 Å². The van der Waals surface area contributed by atoms with E-state index < -0.39 is 6.04 Å². The van der Waals surface area contributed by atoms with Crippen molar-refractivity contribution in [3.8, 4) is 5.75 Å². The summed E-state index contributed by atoms with van der Waals surface area (Å²) in [6.07, 6.45) is 3.67. The van der Waals surface area contributed by atoms with Crippen molar-refractivity contribution in [1.29, 1.82) is 0 Å². The smallest absolute Gasteiger partial charge is 0.251 e. The van der Waals surface area contributed by atoms with E-state index in [1.54, 1.807) is 24.5 Å². The highest BCUT2D eigenvalue weighted by Crippen LogP contribution is 2.16. The first kappa shape index (κ1) is 31.3. The molecule has 1 aromatic heterocycles. The minimum atomic E-state index is -0.764. The molecule has 39 heavy (non-hydrogen) atoms. The number of aromatic nitrogens is 1. The van der Waals surface area contributed by atoms with Gasteiger partial charge in [0.05, 0.1) is 0 Å². The normalized spacial score (nSPS) is 10.8. The number of nitrogens with zero attached hydrogens (tertiary/aromatic N) is 1. The quantitative estimate of drug-likeness (QED) is 0.245. The molecule has 4 aromatic rings. The van der Waals surface area contributed by atoms with Crippen LogP contribution >= 0.6 is 24.8 Å². The Morgan fingerprint density at radius 1 is 0.769 bits per heavy atom. The van der Waals surface area contributed by atoms with E-state index in [1.807, 2.05) is 78.9 Å². The maximum absolute atomic E-state index is 13.1. The van der Waals surface area contributed by atoms with Crippen molar-refractivity contribution in [3.05, 3.63) is 131 Å². The Labute approximate surface area is 241 Å². The van der Waals surface area contributed by atoms with Crippen molar-refractivity contribution in [2.24, 2.45) is 5.73 Å². The van der Waals surface area contributed by atoms with Crippen LogP contribution in [-0.4, -0.2) is 22.8 Å². The first-order valence-electron chi connectivity index (χ1n) is 12.1. The number of hydrogen-bond donors (Lipinski definition) is 3. The second-order valence-electron chi connectivity index (χ2n) is 8.62. The number of carbonyl (C=O) groups is 2. The summed E-state index contributed by atoms with van der Waals surface area (Å²) in [5, 5.41) is 5.81. The Balaban J connectivity index is 0.00000267. The number of pyridine rings is 1. The molecule has 4 N–H and O–H groups in total. The summed E-state index contributed by atoms with van der Waals surface area (Å²) < 4.78 is 5.87. The highest BCUT2D eigenvalue weighted by atomic mass is 35.5. The van der Waals surface area contributed by atoms with Gasteiger partial charge in [0.2, 0.25) is 5.91 Å². The predicted molar refractivity (Wildman–Crippen MR) is 157 cm³/mol. The maximum atomic E-state index is 13.1. The monoisotopic (exact) mass is 566 g/mol. The summed E-state index contributed by atoms with van der Waals surface area (Å²) in [6, 6.07) is 27.4. The Morgan fingerprint density at radius 3 is 2.05 bits per heavy atom. The zero-order valence-electron chi connectivity index (χ0n) is 21.3. The summed E-state index contributed by atoms with van der Waals surface area (Å²) in [5.41, 5.74) is 9.95. The molecule has 0 radical (unpaired) electrons. The minimum Gasteiger partial charge on any atom is -0.489 e. The molecule has 7 nitrogen and oxygen atoms in total. The molecule has 0 aliphatic rings. The third kappa shape index (κ3) is 9.72. The van der Waals surface area contributed by atoms with E-state index in [-0.39, 0.29) is 36.6 Å². The van der Waals surface area contributed by atoms with Crippen molar-refractivity contribution in [2.75, 3.05) is 0 Å². The van der Waals surface area contributed by atoms with E-state index in [2.05, 4.69) is 15.6 Å². The van der Waals surface area contributed by atoms with Crippen LogP contribution in [0.15, 0.2) is 103 Å². The molecule has 0 fully saturated rings. The lowest BCUT2D eigenvalue weighted by Gasteiger charge is -2.19. The van der Waals surface area contributed by atoms with E-state index in [1.165, 1.54) is 0 Å². The number of halogens is 2. The highest BCUT2D eigenvalue weighted by Gasteiger charge is 2.22. The summed E-state index contributed by atoms with van der Waals surface area (Å²) in [7, 11) is 0. The van der Waals surface area contributed by atoms with Crippen LogP contribution in [0.5, 0.6) is 5.75 Å². The molecule has 4 rings (SSSR count). The predicted octanol–water partition coefficient (Wildman–Crippen LogP) is 4.62. The van der Waals surface area contributed by atoms with E-state index in [4.69, 9.17) is 10.5 Å². The molecule has 0 saturated heterocycles. The van der Waals surface area contributed by atoms with Gasteiger partial charge in [-0.1, -0.05) is 54.6 Å². The molecule has 0 saturated carbocycles. The van der Waals surface area contributed by atoms with E-state index in [0.717, 1.165) is 28.0 Å². The van der Waals surface area contributed by atoms with Gasteiger partial charge in [-0.3, -0.25) is 14.6 Å². The van der Waals surface area contributed by atoms with Crippen molar-refractivity contribution in [1.82, 2.24) is 15.6 Å². The Kier molecular flexibility index (Phi) is 13.0. The molecular weight excluding hydrogens is 535 g/mol. The number of ether oxygens (including phenoxy) is 1. The van der Waals surface area contributed by atoms with Crippen molar-refractivity contribution >= 4 is 36.6 Å². The van der Waals surface area contributed by atoms with Gasteiger partial charge in [0.15, 0.2) is 0 Å². The Morgan fingerprint density at radius 2 is 1.41 bits per heavy atom. The zero-order valence-corrected chi connectivity index (χ0v) is 22.9. The summed E-state index contributed by atoms with van der Waals surface area (Å²) in [5.74, 6) is 0.138. The van der Waals surface area contributed by atoms with E-state index in [9.17, 15) is 9.59 Å². The van der Waals surface area contributed by atoms with Gasteiger partial charge < -0.3 is 21.1 Å². The fourth-order valence-electron chi connectivity index (χ4n) is 3.75. The van der Waals surface area contributed by atoms with Gasteiger partial charge in [-0.05, 0) is 58.7 Å². The van der Waals surface area contributed by atoms with Gasteiger partial charge in [0, 0.05) is 37.5 Å². The Hall–Kier alpha value is -3.91. The second-order valence-corrected chi connectivity index (χ2v) is 8.62.